The second-order valence-electron chi connectivity index (χ2n) is 3.07. The van der Waals surface area contributed by atoms with Crippen LogP contribution in [-0.4, -0.2) is 34.3 Å². The number of hydrogen-bond donors (Lipinski definition) is 4. The number of nitrogens with zero attached hydrogens (tertiary/aromatic N) is 1. The molecule has 1 heterocycles. The summed E-state index contributed by atoms with van der Waals surface area (Å²) in [6.45, 7) is 0.579. The lowest BCUT2D eigenvalue weighted by molar-refractivity contribution is 0.167. The minimum absolute atomic E-state index is 0.180. The summed E-state index contributed by atoms with van der Waals surface area (Å²) in [5.41, 5.74) is 6.23. The van der Waals surface area contributed by atoms with Crippen molar-refractivity contribution in [3.63, 3.8) is 0 Å². The first kappa shape index (κ1) is 12.9. The van der Waals surface area contributed by atoms with E-state index in [9.17, 15) is 4.57 Å². The zero-order chi connectivity index (χ0) is 12.0. The fourth-order valence-corrected chi connectivity index (χ4v) is 1.38. The zero-order valence-electron chi connectivity index (χ0n) is 8.54. The fraction of sp³-hybridized carbons (Fsp3) is 0.375. The predicted octanol–water partition coefficient (Wildman–Crippen LogP) is 0.227. The largest absolute Gasteiger partial charge is 0.382 e. The van der Waals surface area contributed by atoms with E-state index >= 15 is 0 Å². The average Bonchev–Trinajstić information content (AvgIpc) is 2.18. The van der Waals surface area contributed by atoms with Crippen LogP contribution in [0.3, 0.4) is 0 Å². The van der Waals surface area contributed by atoms with Crippen LogP contribution in [0, 0.1) is 0 Å². The molecule has 0 bridgehead atoms. The Hall–Kier alpha value is -1.14. The lowest BCUT2D eigenvalue weighted by atomic mass is 10.4. The van der Waals surface area contributed by atoms with Crippen molar-refractivity contribution in [2.45, 2.75) is 0 Å². The summed E-state index contributed by atoms with van der Waals surface area (Å²) in [6, 6.07) is 3.49. The van der Waals surface area contributed by atoms with E-state index in [4.69, 9.17) is 20.3 Å². The molecule has 16 heavy (non-hydrogen) atoms. The maximum absolute atomic E-state index is 10.4. The maximum atomic E-state index is 10.4. The van der Waals surface area contributed by atoms with Gasteiger partial charge in [0.2, 0.25) is 0 Å². The molecule has 0 aliphatic heterocycles. The smallest absolute Gasteiger partial charge is 0.350 e. The number of nitrogens with one attached hydrogen (secondary N) is 1. The Balaban J connectivity index is 2.22. The number of anilines is 2. The first-order valence-corrected chi connectivity index (χ1v) is 6.35. The van der Waals surface area contributed by atoms with Gasteiger partial charge in [0.05, 0.1) is 12.3 Å². The summed E-state index contributed by atoms with van der Waals surface area (Å²) in [5.74, 6) is 0.373. The van der Waals surface area contributed by atoms with Gasteiger partial charge in [0.15, 0.2) is 0 Å². The first-order chi connectivity index (χ1) is 7.49. The van der Waals surface area contributed by atoms with E-state index in [1.807, 2.05) is 0 Å². The van der Waals surface area contributed by atoms with E-state index in [-0.39, 0.29) is 6.61 Å². The van der Waals surface area contributed by atoms with E-state index in [0.29, 0.717) is 18.1 Å². The molecule has 0 amide bonds. The van der Waals surface area contributed by atoms with Gasteiger partial charge in [0.25, 0.3) is 0 Å². The van der Waals surface area contributed by atoms with Crippen LogP contribution in [0.25, 0.3) is 0 Å². The molecule has 0 radical (unpaired) electrons. The third-order valence-corrected chi connectivity index (χ3v) is 2.18. The molecule has 5 N–H and O–H groups in total. The molecule has 0 atom stereocenters. The lowest BCUT2D eigenvalue weighted by Gasteiger charge is -2.09. The van der Waals surface area contributed by atoms with Crippen molar-refractivity contribution in [1.29, 1.82) is 0 Å². The number of hydrogen-bond acceptors (Lipinski definition) is 5. The van der Waals surface area contributed by atoms with Gasteiger partial charge in [-0.25, -0.2) is 4.98 Å². The quantitative estimate of drug-likeness (QED) is 0.419. The summed E-state index contributed by atoms with van der Waals surface area (Å²) in [5, 5.41) is 2.93. The van der Waals surface area contributed by atoms with Crippen molar-refractivity contribution in [2.75, 3.05) is 30.6 Å². The topological polar surface area (TPSA) is 118 Å². The van der Waals surface area contributed by atoms with Crippen LogP contribution in [-0.2, 0) is 9.30 Å². The third kappa shape index (κ3) is 5.09. The fourth-order valence-electron chi connectivity index (χ4n) is 1.01. The van der Waals surface area contributed by atoms with Gasteiger partial charge in [0, 0.05) is 12.7 Å². The molecular formula is C8H14N3O4P. The molecule has 0 saturated carbocycles. The van der Waals surface area contributed by atoms with Gasteiger partial charge in [-0.1, -0.05) is 0 Å². The summed E-state index contributed by atoms with van der Waals surface area (Å²) in [4.78, 5) is 20.9. The average molecular weight is 247 g/mol. The molecule has 0 unspecified atom stereocenters. The van der Waals surface area contributed by atoms with Gasteiger partial charge in [-0.05, 0) is 12.1 Å². The van der Waals surface area contributed by atoms with E-state index in [0.717, 1.165) is 0 Å². The van der Waals surface area contributed by atoms with E-state index < -0.39 is 13.9 Å². The van der Waals surface area contributed by atoms with Crippen molar-refractivity contribution >= 4 is 19.1 Å². The predicted molar refractivity (Wildman–Crippen MR) is 60.0 cm³/mol. The Morgan fingerprint density at radius 2 is 2.31 bits per heavy atom. The van der Waals surface area contributed by atoms with Gasteiger partial charge in [-0.2, -0.15) is 0 Å². The van der Waals surface area contributed by atoms with E-state index in [1.54, 1.807) is 18.3 Å². The normalized spacial score (nSPS) is 11.4. The second kappa shape index (κ2) is 5.81. The van der Waals surface area contributed by atoms with E-state index in [1.165, 1.54) is 0 Å². The highest BCUT2D eigenvalue weighted by Gasteiger charge is 2.11. The standard InChI is InChI=1S/C8H14N3O4P/c9-8-7(2-1-3-11-8)10-4-5-15-6-16(12,13)14/h1-3,10H,4-6H2,(H2,9,11)(H2,12,13,14). The molecular weight excluding hydrogens is 233 g/mol. The summed E-state index contributed by atoms with van der Waals surface area (Å²) in [6.07, 6.45) is 1.00. The molecule has 8 heteroatoms. The Morgan fingerprint density at radius 1 is 1.56 bits per heavy atom. The highest BCUT2D eigenvalue weighted by molar-refractivity contribution is 7.51. The molecule has 7 nitrogen and oxygen atoms in total. The van der Waals surface area contributed by atoms with Gasteiger partial charge in [-0.15, -0.1) is 0 Å². The van der Waals surface area contributed by atoms with Crippen LogP contribution >= 0.6 is 7.60 Å². The summed E-state index contributed by atoms with van der Waals surface area (Å²) in [7, 11) is -4.07. The highest BCUT2D eigenvalue weighted by atomic mass is 31.2. The van der Waals surface area contributed by atoms with Crippen LogP contribution in [0.5, 0.6) is 0 Å². The number of pyridine rings is 1. The number of nitrogen functional groups attached to an aromatic ring is 1. The molecule has 1 aromatic rings. The van der Waals surface area contributed by atoms with Crippen LogP contribution in [0.4, 0.5) is 11.5 Å². The Kier molecular flexibility index (Phi) is 4.70. The maximum Gasteiger partial charge on any atom is 0.350 e. The number of nitrogens with two attached hydrogens (primary N) is 1. The first-order valence-electron chi connectivity index (χ1n) is 4.56. The van der Waals surface area contributed by atoms with Crippen molar-refractivity contribution in [1.82, 2.24) is 4.98 Å². The molecule has 0 aliphatic carbocycles. The molecule has 0 saturated heterocycles. The van der Waals surface area contributed by atoms with Crippen molar-refractivity contribution in [2.24, 2.45) is 0 Å². The molecule has 1 aromatic heterocycles. The van der Waals surface area contributed by atoms with Crippen molar-refractivity contribution < 1.29 is 19.1 Å². The van der Waals surface area contributed by atoms with Gasteiger partial charge < -0.3 is 25.6 Å². The summed E-state index contributed by atoms with van der Waals surface area (Å²) < 4.78 is 15.2. The molecule has 0 spiro atoms. The monoisotopic (exact) mass is 247 g/mol. The zero-order valence-corrected chi connectivity index (χ0v) is 9.43. The van der Waals surface area contributed by atoms with Crippen molar-refractivity contribution in [3.05, 3.63) is 18.3 Å². The summed E-state index contributed by atoms with van der Waals surface area (Å²) >= 11 is 0. The molecule has 90 valence electrons. The second-order valence-corrected chi connectivity index (χ2v) is 4.65. The molecule has 0 fully saturated rings. The molecule has 1 rings (SSSR count). The van der Waals surface area contributed by atoms with Crippen LogP contribution in [0.15, 0.2) is 18.3 Å². The molecule has 0 aliphatic rings. The van der Waals surface area contributed by atoms with Crippen LogP contribution in [0.1, 0.15) is 0 Å². The van der Waals surface area contributed by atoms with Crippen molar-refractivity contribution in [3.8, 4) is 0 Å². The Bertz CT molecular complexity index is 381. The highest BCUT2D eigenvalue weighted by Crippen LogP contribution is 2.33. The number of ether oxygens (including phenoxy) is 1. The van der Waals surface area contributed by atoms with Crippen LogP contribution in [0.2, 0.25) is 0 Å². The van der Waals surface area contributed by atoms with Gasteiger partial charge in [0.1, 0.15) is 12.2 Å². The van der Waals surface area contributed by atoms with E-state index in [2.05, 4.69) is 10.3 Å². The minimum atomic E-state index is -4.07. The van der Waals surface area contributed by atoms with Gasteiger partial charge in [-0.3, -0.25) is 4.57 Å². The lowest BCUT2D eigenvalue weighted by Crippen LogP contribution is -2.11. The third-order valence-electron chi connectivity index (χ3n) is 1.66. The minimum Gasteiger partial charge on any atom is -0.382 e. The number of rotatable bonds is 6. The van der Waals surface area contributed by atoms with Gasteiger partial charge >= 0.3 is 7.60 Å². The Labute approximate surface area is 92.8 Å². The number of aromatic nitrogens is 1. The SMILES string of the molecule is Nc1ncccc1NCCOCP(=O)(O)O. The van der Waals surface area contributed by atoms with Crippen LogP contribution < -0.4 is 11.1 Å². The Morgan fingerprint density at radius 3 is 2.94 bits per heavy atom. The molecule has 0 aromatic carbocycles.